The van der Waals surface area contributed by atoms with Crippen molar-refractivity contribution in [1.82, 2.24) is 0 Å². The number of aromatic hydroxyl groups is 1. The zero-order chi connectivity index (χ0) is 15.9. The molecule has 2 rings (SSSR count). The van der Waals surface area contributed by atoms with E-state index in [1.807, 2.05) is 18.2 Å². The van der Waals surface area contributed by atoms with Gasteiger partial charge in [-0.25, -0.2) is 0 Å². The van der Waals surface area contributed by atoms with Gasteiger partial charge in [0.25, 0.3) is 0 Å². The largest absolute Gasteiger partial charge is 0.508 e. The molecule has 0 saturated heterocycles. The van der Waals surface area contributed by atoms with Crippen molar-refractivity contribution in [3.8, 4) is 5.75 Å². The van der Waals surface area contributed by atoms with Gasteiger partial charge < -0.3 is 14.8 Å². The molecule has 0 aromatic heterocycles. The highest BCUT2D eigenvalue weighted by molar-refractivity contribution is 6.43. The fraction of sp³-hybridized carbons (Fsp3) is 0.412. The monoisotopic (exact) mass is 320 g/mol. The standard InChI is InChI=1S/C17H22BClO3/c1-2-4-13(6-9-16-5-3-10-18(21)22-16)11-14-7-8-15(20)12-17(14)19/h3,5,7-8,11-12,16,20-21H,2,4,6,9-10H2,1H3/b13-11+/t16-/m0/s1. The second-order valence-electron chi connectivity index (χ2n) is 5.59. The van der Waals surface area contributed by atoms with E-state index in [0.717, 1.165) is 31.2 Å². The number of phenolic OH excluding ortho intramolecular Hbond substituents is 1. The third kappa shape index (κ3) is 5.20. The Morgan fingerprint density at radius 3 is 2.95 bits per heavy atom. The van der Waals surface area contributed by atoms with Gasteiger partial charge in [0.1, 0.15) is 5.75 Å². The van der Waals surface area contributed by atoms with E-state index >= 15 is 0 Å². The van der Waals surface area contributed by atoms with Crippen molar-refractivity contribution in [2.24, 2.45) is 0 Å². The summed E-state index contributed by atoms with van der Waals surface area (Å²) in [6.45, 7) is 2.15. The predicted octanol–water partition coefficient (Wildman–Crippen LogP) is 4.44. The maximum atomic E-state index is 9.52. The molecule has 22 heavy (non-hydrogen) atoms. The highest BCUT2D eigenvalue weighted by Crippen LogP contribution is 2.27. The second kappa shape index (κ2) is 8.42. The van der Waals surface area contributed by atoms with Crippen molar-refractivity contribution in [2.75, 3.05) is 0 Å². The molecule has 118 valence electrons. The van der Waals surface area contributed by atoms with Crippen LogP contribution in [0.3, 0.4) is 0 Å². The topological polar surface area (TPSA) is 49.7 Å². The summed E-state index contributed by atoms with van der Waals surface area (Å²) < 4.78 is 5.49. The smallest absolute Gasteiger partial charge is 0.458 e. The van der Waals surface area contributed by atoms with Crippen LogP contribution in [0.4, 0.5) is 0 Å². The Morgan fingerprint density at radius 1 is 1.45 bits per heavy atom. The molecule has 1 heterocycles. The molecular weight excluding hydrogens is 298 g/mol. The Kier molecular flexibility index (Phi) is 6.56. The Labute approximate surface area is 137 Å². The maximum Gasteiger partial charge on any atom is 0.458 e. The lowest BCUT2D eigenvalue weighted by Gasteiger charge is -2.20. The van der Waals surface area contributed by atoms with Gasteiger partial charge in [0.15, 0.2) is 0 Å². The molecule has 3 nitrogen and oxygen atoms in total. The molecule has 0 spiro atoms. The first-order chi connectivity index (χ1) is 10.6. The molecule has 1 aromatic carbocycles. The van der Waals surface area contributed by atoms with Crippen LogP contribution in [0.5, 0.6) is 5.75 Å². The Bertz CT molecular complexity index is 557. The lowest BCUT2D eigenvalue weighted by atomic mass is 9.82. The fourth-order valence-electron chi connectivity index (χ4n) is 2.58. The molecule has 1 aromatic rings. The van der Waals surface area contributed by atoms with Crippen LogP contribution in [-0.4, -0.2) is 23.4 Å². The van der Waals surface area contributed by atoms with Crippen LogP contribution < -0.4 is 0 Å². The number of hydrogen-bond acceptors (Lipinski definition) is 3. The van der Waals surface area contributed by atoms with Crippen molar-refractivity contribution < 1.29 is 14.8 Å². The van der Waals surface area contributed by atoms with Crippen LogP contribution >= 0.6 is 11.6 Å². The Hall–Kier alpha value is -1.23. The van der Waals surface area contributed by atoms with Crippen LogP contribution in [0.2, 0.25) is 11.3 Å². The molecule has 0 fully saturated rings. The van der Waals surface area contributed by atoms with E-state index in [0.29, 0.717) is 11.3 Å². The minimum absolute atomic E-state index is 0.0284. The van der Waals surface area contributed by atoms with Gasteiger partial charge in [-0.3, -0.25) is 0 Å². The minimum atomic E-state index is -0.680. The molecule has 0 radical (unpaired) electrons. The van der Waals surface area contributed by atoms with Crippen molar-refractivity contribution in [3.63, 3.8) is 0 Å². The summed E-state index contributed by atoms with van der Waals surface area (Å²) in [5.41, 5.74) is 2.22. The quantitative estimate of drug-likeness (QED) is 0.601. The van der Waals surface area contributed by atoms with Crippen LogP contribution in [0, 0.1) is 0 Å². The van der Waals surface area contributed by atoms with Gasteiger partial charge in [0.2, 0.25) is 0 Å². The highest BCUT2D eigenvalue weighted by Gasteiger charge is 2.20. The van der Waals surface area contributed by atoms with Crippen LogP contribution in [0.1, 0.15) is 38.2 Å². The van der Waals surface area contributed by atoms with Crippen LogP contribution in [0.25, 0.3) is 6.08 Å². The normalized spacial score (nSPS) is 18.8. The van der Waals surface area contributed by atoms with Crippen LogP contribution in [-0.2, 0) is 4.65 Å². The summed E-state index contributed by atoms with van der Waals surface area (Å²) in [6, 6.07) is 5.03. The van der Waals surface area contributed by atoms with Crippen molar-refractivity contribution in [3.05, 3.63) is 46.5 Å². The van der Waals surface area contributed by atoms with Gasteiger partial charge in [0, 0.05) is 6.32 Å². The summed E-state index contributed by atoms with van der Waals surface area (Å²) in [7, 11) is -0.680. The van der Waals surface area contributed by atoms with Crippen molar-refractivity contribution in [1.29, 1.82) is 0 Å². The molecule has 1 aliphatic heterocycles. The minimum Gasteiger partial charge on any atom is -0.508 e. The zero-order valence-corrected chi connectivity index (χ0v) is 13.6. The average molecular weight is 321 g/mol. The lowest BCUT2D eigenvalue weighted by molar-refractivity contribution is 0.192. The second-order valence-corrected chi connectivity index (χ2v) is 6.00. The molecule has 0 unspecified atom stereocenters. The van der Waals surface area contributed by atoms with Gasteiger partial charge in [0.05, 0.1) is 11.1 Å². The first-order valence-electron chi connectivity index (χ1n) is 7.76. The summed E-state index contributed by atoms with van der Waals surface area (Å²) in [6.07, 6.45) is 10.4. The lowest BCUT2D eigenvalue weighted by Crippen LogP contribution is -2.27. The third-order valence-electron chi connectivity index (χ3n) is 3.69. The van der Waals surface area contributed by atoms with E-state index in [1.54, 1.807) is 12.1 Å². The molecule has 0 amide bonds. The number of phenols is 1. The van der Waals surface area contributed by atoms with E-state index < -0.39 is 7.12 Å². The number of rotatable bonds is 6. The fourth-order valence-corrected chi connectivity index (χ4v) is 2.81. The first kappa shape index (κ1) is 17.1. The predicted molar refractivity (Wildman–Crippen MR) is 92.0 cm³/mol. The molecule has 1 atom stereocenters. The Balaban J connectivity index is 2.04. The molecule has 5 heteroatoms. The maximum absolute atomic E-state index is 9.52. The number of benzene rings is 1. The van der Waals surface area contributed by atoms with E-state index in [4.69, 9.17) is 16.3 Å². The highest BCUT2D eigenvalue weighted by atomic mass is 35.5. The van der Waals surface area contributed by atoms with Gasteiger partial charge in [-0.2, -0.15) is 0 Å². The van der Waals surface area contributed by atoms with Crippen LogP contribution in [0.15, 0.2) is 35.9 Å². The molecule has 1 aliphatic rings. The average Bonchev–Trinajstić information content (AvgIpc) is 2.48. The molecule has 0 aliphatic carbocycles. The number of allylic oxidation sites excluding steroid dienone is 2. The van der Waals surface area contributed by atoms with Gasteiger partial charge in [-0.05, 0) is 43.0 Å². The first-order valence-corrected chi connectivity index (χ1v) is 8.14. The molecule has 0 bridgehead atoms. The van der Waals surface area contributed by atoms with Crippen molar-refractivity contribution in [2.45, 2.75) is 45.0 Å². The molecule has 2 N–H and O–H groups in total. The molecule has 0 saturated carbocycles. The zero-order valence-electron chi connectivity index (χ0n) is 12.8. The number of halogens is 1. The molecular formula is C17H22BClO3. The summed E-state index contributed by atoms with van der Waals surface area (Å²) in [4.78, 5) is 0. The van der Waals surface area contributed by atoms with E-state index in [1.165, 1.54) is 5.57 Å². The SMILES string of the molecule is CCC/C(=C\c1ccc(O)cc1Cl)CC[C@@H]1C=CCB(O)O1. The van der Waals surface area contributed by atoms with Gasteiger partial charge in [-0.1, -0.05) is 48.7 Å². The third-order valence-corrected chi connectivity index (χ3v) is 4.01. The van der Waals surface area contributed by atoms with Crippen molar-refractivity contribution >= 4 is 24.8 Å². The Morgan fingerprint density at radius 2 is 2.27 bits per heavy atom. The number of hydrogen-bond donors (Lipinski definition) is 2. The summed E-state index contributed by atoms with van der Waals surface area (Å²) >= 11 is 6.17. The van der Waals surface area contributed by atoms with E-state index in [-0.39, 0.29) is 11.9 Å². The van der Waals surface area contributed by atoms with Gasteiger partial charge >= 0.3 is 7.12 Å². The van der Waals surface area contributed by atoms with Gasteiger partial charge in [-0.15, -0.1) is 0 Å². The summed E-state index contributed by atoms with van der Waals surface area (Å²) in [5, 5.41) is 19.5. The van der Waals surface area contributed by atoms with E-state index in [9.17, 15) is 10.1 Å². The van der Waals surface area contributed by atoms with E-state index in [2.05, 4.69) is 13.0 Å². The summed E-state index contributed by atoms with van der Waals surface area (Å²) in [5.74, 6) is 0.175.